The van der Waals surface area contributed by atoms with Crippen molar-refractivity contribution in [1.82, 2.24) is 4.90 Å². The van der Waals surface area contributed by atoms with E-state index in [0.717, 1.165) is 25.7 Å². The highest BCUT2D eigenvalue weighted by Crippen LogP contribution is 2.30. The van der Waals surface area contributed by atoms with Crippen LogP contribution in [0.2, 0.25) is 0 Å². The zero-order valence-electron chi connectivity index (χ0n) is 16.0. The zero-order valence-corrected chi connectivity index (χ0v) is 16.0. The smallest absolute Gasteiger partial charge is 0.321 e. The second-order valence-corrected chi connectivity index (χ2v) is 6.98. The van der Waals surface area contributed by atoms with Crippen molar-refractivity contribution in [1.29, 1.82) is 0 Å². The van der Waals surface area contributed by atoms with Crippen molar-refractivity contribution < 1.29 is 24.4 Å². The van der Waals surface area contributed by atoms with Crippen LogP contribution in [-0.2, 0) is 4.79 Å². The highest BCUT2D eigenvalue weighted by Gasteiger charge is 2.24. The molecule has 154 valence electrons. The Hall–Kier alpha value is -2.48. The molecule has 8 nitrogen and oxygen atoms in total. The number of para-hydroxylation sites is 1. The molecule has 2 rings (SSSR count). The van der Waals surface area contributed by atoms with E-state index >= 15 is 0 Å². The minimum absolute atomic E-state index is 0.0233. The van der Waals surface area contributed by atoms with Crippen LogP contribution in [0.3, 0.4) is 0 Å². The highest BCUT2D eigenvalue weighted by atomic mass is 16.6. The Morgan fingerprint density at radius 3 is 2.68 bits per heavy atom. The number of rotatable bonds is 11. The van der Waals surface area contributed by atoms with Gasteiger partial charge < -0.3 is 14.7 Å². The van der Waals surface area contributed by atoms with Gasteiger partial charge in [-0.25, -0.2) is 0 Å². The maximum Gasteiger partial charge on any atom is 0.321 e. The number of nitro groups is 1. The van der Waals surface area contributed by atoms with E-state index in [-0.39, 0.29) is 42.2 Å². The summed E-state index contributed by atoms with van der Waals surface area (Å²) in [5.41, 5.74) is -0.357. The number of aliphatic hydroxyl groups is 1. The second kappa shape index (κ2) is 11.4. The fourth-order valence-corrected chi connectivity index (χ4v) is 3.66. The molecule has 0 saturated heterocycles. The molecular weight excluding hydrogens is 364 g/mol. The molecule has 0 aromatic heterocycles. The largest absolute Gasteiger partial charge is 0.487 e. The normalized spacial score (nSPS) is 14.5. The summed E-state index contributed by atoms with van der Waals surface area (Å²) < 4.78 is 5.48. The van der Waals surface area contributed by atoms with E-state index in [2.05, 4.69) is 0 Å². The molecule has 8 heteroatoms. The lowest BCUT2D eigenvalue weighted by Gasteiger charge is -2.34. The molecule has 1 amide bonds. The summed E-state index contributed by atoms with van der Waals surface area (Å²) in [6.07, 6.45) is 7.36. The van der Waals surface area contributed by atoms with Crippen molar-refractivity contribution in [3.05, 3.63) is 33.9 Å². The lowest BCUT2D eigenvalue weighted by atomic mass is 9.94. The molecule has 0 unspecified atom stereocenters. The molecule has 28 heavy (non-hydrogen) atoms. The first-order valence-corrected chi connectivity index (χ1v) is 9.84. The molecule has 1 N–H and O–H groups in total. The third-order valence-electron chi connectivity index (χ3n) is 5.06. The van der Waals surface area contributed by atoms with Crippen LogP contribution >= 0.6 is 0 Å². The number of hydrogen-bond donors (Lipinski definition) is 1. The maximum atomic E-state index is 12.5. The Labute approximate surface area is 164 Å². The SMILES string of the molecule is O=Cc1cccc(OCCCCC(=O)N(CCO)C2CCCCC2)c1[N+](=O)[O-]. The van der Waals surface area contributed by atoms with Crippen LogP contribution in [0.4, 0.5) is 5.69 Å². The first-order valence-electron chi connectivity index (χ1n) is 9.84. The number of benzene rings is 1. The van der Waals surface area contributed by atoms with E-state index in [0.29, 0.717) is 32.1 Å². The van der Waals surface area contributed by atoms with Crippen molar-refractivity contribution in [2.75, 3.05) is 19.8 Å². The molecule has 1 fully saturated rings. The summed E-state index contributed by atoms with van der Waals surface area (Å²) in [5.74, 6) is 0.0971. The van der Waals surface area contributed by atoms with E-state index < -0.39 is 4.92 Å². The van der Waals surface area contributed by atoms with Crippen LogP contribution < -0.4 is 4.74 Å². The molecule has 0 spiro atoms. The summed E-state index contributed by atoms with van der Waals surface area (Å²) in [4.78, 5) is 35.8. The van der Waals surface area contributed by atoms with Crippen molar-refractivity contribution in [2.24, 2.45) is 0 Å². The third-order valence-corrected chi connectivity index (χ3v) is 5.06. The van der Waals surface area contributed by atoms with Gasteiger partial charge in [-0.15, -0.1) is 0 Å². The zero-order chi connectivity index (χ0) is 20.4. The number of amides is 1. The van der Waals surface area contributed by atoms with E-state index in [1.165, 1.54) is 24.6 Å². The van der Waals surface area contributed by atoms with Gasteiger partial charge in [-0.05, 0) is 37.8 Å². The van der Waals surface area contributed by atoms with Gasteiger partial charge >= 0.3 is 5.69 Å². The number of hydrogen-bond acceptors (Lipinski definition) is 6. The average molecular weight is 392 g/mol. The number of nitrogens with zero attached hydrogens (tertiary/aromatic N) is 2. The second-order valence-electron chi connectivity index (χ2n) is 6.98. The quantitative estimate of drug-likeness (QED) is 0.268. The summed E-state index contributed by atoms with van der Waals surface area (Å²) in [6, 6.07) is 4.59. The molecular formula is C20H28N2O6. The molecule has 1 saturated carbocycles. The van der Waals surface area contributed by atoms with E-state index in [1.54, 1.807) is 4.90 Å². The molecule has 0 atom stereocenters. The summed E-state index contributed by atoms with van der Waals surface area (Å²) in [5, 5.41) is 20.4. The summed E-state index contributed by atoms with van der Waals surface area (Å²) >= 11 is 0. The molecule has 1 aliphatic carbocycles. The Balaban J connectivity index is 1.81. The van der Waals surface area contributed by atoms with Crippen molar-refractivity contribution in [3.63, 3.8) is 0 Å². The number of unbranched alkanes of at least 4 members (excludes halogenated alkanes) is 1. The van der Waals surface area contributed by atoms with Gasteiger partial charge in [0.25, 0.3) is 0 Å². The molecule has 0 heterocycles. The number of aliphatic hydroxyl groups excluding tert-OH is 1. The van der Waals surface area contributed by atoms with Gasteiger partial charge in [-0.2, -0.15) is 0 Å². The van der Waals surface area contributed by atoms with Crippen molar-refractivity contribution in [3.8, 4) is 5.75 Å². The Bertz CT molecular complexity index is 673. The van der Waals surface area contributed by atoms with Gasteiger partial charge in [0.1, 0.15) is 0 Å². The number of carbonyl (C=O) groups excluding carboxylic acids is 2. The van der Waals surface area contributed by atoms with Crippen LogP contribution in [0.15, 0.2) is 18.2 Å². The molecule has 1 aromatic rings. The van der Waals surface area contributed by atoms with Crippen LogP contribution in [0.5, 0.6) is 5.75 Å². The van der Waals surface area contributed by atoms with Gasteiger partial charge in [0.05, 0.1) is 23.7 Å². The van der Waals surface area contributed by atoms with Crippen LogP contribution in [0.25, 0.3) is 0 Å². The minimum Gasteiger partial charge on any atom is -0.487 e. The van der Waals surface area contributed by atoms with Gasteiger partial charge in [0.2, 0.25) is 5.91 Å². The monoisotopic (exact) mass is 392 g/mol. The predicted molar refractivity (Wildman–Crippen MR) is 104 cm³/mol. The Kier molecular flexibility index (Phi) is 8.87. The first-order chi connectivity index (χ1) is 13.6. The molecule has 1 aliphatic rings. The molecule has 1 aromatic carbocycles. The van der Waals surface area contributed by atoms with Crippen molar-refractivity contribution >= 4 is 17.9 Å². The topological polar surface area (TPSA) is 110 Å². The Morgan fingerprint density at radius 2 is 2.04 bits per heavy atom. The number of ether oxygens (including phenoxy) is 1. The highest BCUT2D eigenvalue weighted by molar-refractivity contribution is 5.83. The number of aldehydes is 1. The van der Waals surface area contributed by atoms with E-state index in [1.807, 2.05) is 0 Å². The Morgan fingerprint density at radius 1 is 1.29 bits per heavy atom. The number of nitro benzene ring substituents is 1. The standard InChI is InChI=1S/C20H28N2O6/c23-13-12-21(17-8-2-1-3-9-17)19(25)11-4-5-14-28-18-10-6-7-16(15-24)20(18)22(26)27/h6-7,10,15,17,23H,1-5,8-9,11-14H2. The fourth-order valence-electron chi connectivity index (χ4n) is 3.66. The summed E-state index contributed by atoms with van der Waals surface area (Å²) in [7, 11) is 0. The van der Waals surface area contributed by atoms with E-state index in [4.69, 9.17) is 4.74 Å². The van der Waals surface area contributed by atoms with Crippen LogP contribution in [-0.4, -0.2) is 52.9 Å². The lowest BCUT2D eigenvalue weighted by Crippen LogP contribution is -2.43. The van der Waals surface area contributed by atoms with Gasteiger partial charge in [-0.3, -0.25) is 19.7 Å². The lowest BCUT2D eigenvalue weighted by molar-refractivity contribution is -0.386. The third kappa shape index (κ3) is 6.02. The fraction of sp³-hybridized carbons (Fsp3) is 0.600. The van der Waals surface area contributed by atoms with Crippen LogP contribution in [0.1, 0.15) is 61.7 Å². The van der Waals surface area contributed by atoms with Gasteiger partial charge in [0, 0.05) is 19.0 Å². The first kappa shape index (κ1) is 21.8. The predicted octanol–water partition coefficient (Wildman–Crippen LogP) is 3.11. The minimum atomic E-state index is -0.625. The summed E-state index contributed by atoms with van der Waals surface area (Å²) in [6.45, 7) is 0.548. The van der Waals surface area contributed by atoms with E-state index in [9.17, 15) is 24.8 Å². The van der Waals surface area contributed by atoms with Crippen molar-refractivity contribution in [2.45, 2.75) is 57.4 Å². The van der Waals surface area contributed by atoms with Gasteiger partial charge in [0.15, 0.2) is 12.0 Å². The number of carbonyl (C=O) groups is 2. The van der Waals surface area contributed by atoms with Crippen LogP contribution in [0, 0.1) is 10.1 Å². The molecule has 0 aliphatic heterocycles. The average Bonchev–Trinajstić information content (AvgIpc) is 2.71. The van der Waals surface area contributed by atoms with Gasteiger partial charge in [-0.1, -0.05) is 25.3 Å². The molecule has 0 radical (unpaired) electrons. The maximum absolute atomic E-state index is 12.5. The molecule has 0 bridgehead atoms.